The molecule has 0 bridgehead atoms. The van der Waals surface area contributed by atoms with E-state index >= 15 is 0 Å². The van der Waals surface area contributed by atoms with E-state index in [0.29, 0.717) is 12.0 Å². The van der Waals surface area contributed by atoms with Crippen molar-refractivity contribution in [3.63, 3.8) is 0 Å². The van der Waals surface area contributed by atoms with Gasteiger partial charge in [0.2, 0.25) is 0 Å². The van der Waals surface area contributed by atoms with E-state index in [9.17, 15) is 0 Å². The zero-order valence-corrected chi connectivity index (χ0v) is 10.4. The minimum atomic E-state index is 0.299. The van der Waals surface area contributed by atoms with Crippen LogP contribution in [0, 0.1) is 0 Å². The molecule has 0 saturated carbocycles. The minimum Gasteiger partial charge on any atom is -0.327 e. The smallest absolute Gasteiger partial charge is 0.168 e. The fourth-order valence-electron chi connectivity index (χ4n) is 2.71. The molecule has 0 radical (unpaired) electrons. The topological polar surface area (TPSA) is 47.1 Å². The van der Waals surface area contributed by atoms with Crippen molar-refractivity contribution in [2.75, 3.05) is 25.9 Å². The average molecular weight is 238 g/mol. The molecule has 1 aromatic rings. The van der Waals surface area contributed by atoms with Gasteiger partial charge in [-0.1, -0.05) is 11.8 Å². The molecule has 1 saturated heterocycles. The summed E-state index contributed by atoms with van der Waals surface area (Å²) in [5.41, 5.74) is 7.30. The van der Waals surface area contributed by atoms with Gasteiger partial charge in [0.05, 0.1) is 5.69 Å². The summed E-state index contributed by atoms with van der Waals surface area (Å²) in [6.07, 6.45) is 3.30. The lowest BCUT2D eigenvalue weighted by Gasteiger charge is -2.32. The van der Waals surface area contributed by atoms with E-state index < -0.39 is 0 Å². The molecular weight excluding hydrogens is 220 g/mol. The Morgan fingerprint density at radius 3 is 3.12 bits per heavy atom. The van der Waals surface area contributed by atoms with Gasteiger partial charge in [-0.2, -0.15) is 0 Å². The maximum absolute atomic E-state index is 6.06. The van der Waals surface area contributed by atoms with Crippen molar-refractivity contribution in [1.82, 2.24) is 14.5 Å². The fourth-order valence-corrected chi connectivity index (χ4v) is 3.66. The first kappa shape index (κ1) is 10.6. The van der Waals surface area contributed by atoms with Gasteiger partial charge in [-0.05, 0) is 13.5 Å². The van der Waals surface area contributed by atoms with Gasteiger partial charge in [-0.3, -0.25) is 0 Å². The molecule has 0 spiro atoms. The number of aromatic nitrogens is 2. The lowest BCUT2D eigenvalue weighted by atomic mass is 9.93. The lowest BCUT2D eigenvalue weighted by molar-refractivity contribution is 0.225. The summed E-state index contributed by atoms with van der Waals surface area (Å²) in [4.78, 5) is 7.04. The number of rotatable bonds is 1. The molecule has 88 valence electrons. The number of fused-ring (bicyclic) bond motifs is 1. The van der Waals surface area contributed by atoms with Crippen molar-refractivity contribution in [2.24, 2.45) is 5.73 Å². The Kier molecular flexibility index (Phi) is 2.69. The second-order valence-electron chi connectivity index (χ2n) is 4.90. The highest BCUT2D eigenvalue weighted by molar-refractivity contribution is 7.99. The summed E-state index contributed by atoms with van der Waals surface area (Å²) < 4.78 is 2.28. The van der Waals surface area contributed by atoms with Crippen LogP contribution >= 0.6 is 11.8 Å². The third-order valence-electron chi connectivity index (χ3n) is 3.41. The zero-order chi connectivity index (χ0) is 11.1. The number of nitrogens with zero attached hydrogens (tertiary/aromatic N) is 3. The molecule has 3 rings (SSSR count). The Hall–Kier alpha value is -0.520. The normalized spacial score (nSPS) is 30.6. The monoisotopic (exact) mass is 238 g/mol. The predicted octanol–water partition coefficient (Wildman–Crippen LogP) is 0.735. The molecule has 5 heteroatoms. The number of likely N-dealkylation sites (N-methyl/N-ethyl adjacent to an activating group) is 1. The van der Waals surface area contributed by atoms with Gasteiger partial charge in [0.1, 0.15) is 0 Å². The van der Waals surface area contributed by atoms with Crippen LogP contribution in [0.1, 0.15) is 18.0 Å². The third kappa shape index (κ3) is 1.87. The minimum absolute atomic E-state index is 0.299. The maximum atomic E-state index is 6.06. The molecule has 16 heavy (non-hydrogen) atoms. The molecule has 4 nitrogen and oxygen atoms in total. The van der Waals surface area contributed by atoms with Crippen LogP contribution in [0.5, 0.6) is 0 Å². The van der Waals surface area contributed by atoms with E-state index in [1.54, 1.807) is 0 Å². The summed E-state index contributed by atoms with van der Waals surface area (Å²) in [6.45, 7) is 3.22. The predicted molar refractivity (Wildman–Crippen MR) is 65.8 cm³/mol. The van der Waals surface area contributed by atoms with Gasteiger partial charge in [0.15, 0.2) is 5.16 Å². The van der Waals surface area contributed by atoms with Crippen LogP contribution in [0.15, 0.2) is 11.4 Å². The second kappa shape index (κ2) is 4.05. The van der Waals surface area contributed by atoms with E-state index in [1.807, 2.05) is 11.8 Å². The van der Waals surface area contributed by atoms with E-state index in [-0.39, 0.29) is 0 Å². The van der Waals surface area contributed by atoms with Gasteiger partial charge in [0, 0.05) is 43.5 Å². The number of aryl methyl sites for hydroxylation is 1. The molecule has 0 amide bonds. The highest BCUT2D eigenvalue weighted by Gasteiger charge is 2.27. The van der Waals surface area contributed by atoms with Crippen LogP contribution in [-0.4, -0.2) is 46.4 Å². The highest BCUT2D eigenvalue weighted by Crippen LogP contribution is 2.30. The summed E-state index contributed by atoms with van der Waals surface area (Å²) in [5, 5.41) is 1.19. The first-order chi connectivity index (χ1) is 7.72. The molecular formula is C11H18N4S. The maximum Gasteiger partial charge on any atom is 0.168 e. The highest BCUT2D eigenvalue weighted by atomic mass is 32.2. The van der Waals surface area contributed by atoms with E-state index in [1.165, 1.54) is 16.6 Å². The second-order valence-corrected chi connectivity index (χ2v) is 5.97. The molecule has 2 atom stereocenters. The Morgan fingerprint density at radius 1 is 1.50 bits per heavy atom. The largest absolute Gasteiger partial charge is 0.327 e. The van der Waals surface area contributed by atoms with Crippen LogP contribution in [0.25, 0.3) is 0 Å². The quantitative estimate of drug-likeness (QED) is 0.784. The van der Waals surface area contributed by atoms with Gasteiger partial charge in [-0.25, -0.2) is 4.98 Å². The molecule has 2 aliphatic rings. The molecule has 2 N–H and O–H groups in total. The molecule has 2 unspecified atom stereocenters. The van der Waals surface area contributed by atoms with Crippen molar-refractivity contribution in [3.05, 3.63) is 11.9 Å². The number of piperidine rings is 1. The summed E-state index contributed by atoms with van der Waals surface area (Å²) >= 11 is 1.86. The van der Waals surface area contributed by atoms with Crippen molar-refractivity contribution >= 4 is 11.8 Å². The Labute approximate surface area is 100 Å². The molecule has 3 heterocycles. The van der Waals surface area contributed by atoms with Crippen molar-refractivity contribution in [1.29, 1.82) is 0 Å². The van der Waals surface area contributed by atoms with Crippen molar-refractivity contribution in [3.8, 4) is 0 Å². The fraction of sp³-hybridized carbons (Fsp3) is 0.727. The van der Waals surface area contributed by atoms with E-state index in [0.717, 1.165) is 26.1 Å². The van der Waals surface area contributed by atoms with Gasteiger partial charge in [0.25, 0.3) is 0 Å². The number of imidazole rings is 1. The van der Waals surface area contributed by atoms with Crippen LogP contribution in [0.2, 0.25) is 0 Å². The van der Waals surface area contributed by atoms with Crippen LogP contribution in [0.3, 0.4) is 0 Å². The Morgan fingerprint density at radius 2 is 2.38 bits per heavy atom. The van der Waals surface area contributed by atoms with Crippen LogP contribution in [-0.2, 0) is 6.54 Å². The van der Waals surface area contributed by atoms with Gasteiger partial charge in [-0.15, -0.1) is 0 Å². The first-order valence-electron chi connectivity index (χ1n) is 5.86. The Balaban J connectivity index is 1.80. The number of thioether (sulfide) groups is 1. The Bertz CT molecular complexity index is 358. The first-order valence-corrected chi connectivity index (χ1v) is 6.85. The SMILES string of the molecule is CN1CC(N)CC(c2cn3c(n2)SCC3)C1. The van der Waals surface area contributed by atoms with Crippen LogP contribution < -0.4 is 5.73 Å². The molecule has 1 fully saturated rings. The van der Waals surface area contributed by atoms with Crippen molar-refractivity contribution < 1.29 is 0 Å². The number of hydrogen-bond donors (Lipinski definition) is 1. The van der Waals surface area contributed by atoms with E-state index in [4.69, 9.17) is 10.7 Å². The van der Waals surface area contributed by atoms with E-state index in [2.05, 4.69) is 22.7 Å². The standard InChI is InChI=1S/C11H18N4S/c1-14-5-8(4-9(12)6-14)10-7-15-2-3-16-11(15)13-10/h7-9H,2-6,12H2,1H3. The molecule has 0 aliphatic carbocycles. The third-order valence-corrected chi connectivity index (χ3v) is 4.38. The number of nitrogens with two attached hydrogens (primary N) is 1. The number of hydrogen-bond acceptors (Lipinski definition) is 4. The zero-order valence-electron chi connectivity index (χ0n) is 9.59. The van der Waals surface area contributed by atoms with Gasteiger partial charge < -0.3 is 15.2 Å². The average Bonchev–Trinajstić information content (AvgIpc) is 2.74. The van der Waals surface area contributed by atoms with Crippen LogP contribution in [0.4, 0.5) is 0 Å². The summed E-state index contributed by atoms with van der Waals surface area (Å²) in [6, 6.07) is 0.299. The summed E-state index contributed by atoms with van der Waals surface area (Å²) in [7, 11) is 2.14. The number of likely N-dealkylation sites (tertiary alicyclic amines) is 1. The van der Waals surface area contributed by atoms with Gasteiger partial charge >= 0.3 is 0 Å². The summed E-state index contributed by atoms with van der Waals surface area (Å²) in [5.74, 6) is 1.69. The lowest BCUT2D eigenvalue weighted by Crippen LogP contribution is -2.44. The molecule has 2 aliphatic heterocycles. The molecule has 0 aromatic carbocycles. The van der Waals surface area contributed by atoms with Crippen molar-refractivity contribution in [2.45, 2.75) is 30.1 Å². The molecule has 1 aromatic heterocycles.